The molecule has 1 aliphatic rings. The van der Waals surface area contributed by atoms with Crippen molar-refractivity contribution in [1.29, 1.82) is 0 Å². The van der Waals surface area contributed by atoms with Gasteiger partial charge in [-0.3, -0.25) is 19.3 Å². The molecule has 1 N–H and O–H groups in total. The molecule has 4 rings (SSSR count). The van der Waals surface area contributed by atoms with Crippen molar-refractivity contribution < 1.29 is 24.2 Å². The first kappa shape index (κ1) is 23.4. The van der Waals surface area contributed by atoms with Crippen molar-refractivity contribution in [1.82, 2.24) is 0 Å². The quantitative estimate of drug-likeness (QED) is 0.159. The number of anilines is 1. The van der Waals surface area contributed by atoms with E-state index in [0.29, 0.717) is 22.6 Å². The first-order valence-corrected chi connectivity index (χ1v) is 11.4. The Morgan fingerprint density at radius 3 is 2.18 bits per heavy atom. The first-order valence-electron chi connectivity index (χ1n) is 10.6. The number of carbonyl (C=O) groups excluding carboxylic acids is 3. The highest BCUT2D eigenvalue weighted by Gasteiger charge is 2.47. The highest BCUT2D eigenvalue weighted by molar-refractivity contribution is 9.10. The van der Waals surface area contributed by atoms with Gasteiger partial charge in [-0.2, -0.15) is 0 Å². The van der Waals surface area contributed by atoms with Gasteiger partial charge in [0.15, 0.2) is 0 Å². The Labute approximate surface area is 205 Å². The average molecular weight is 520 g/mol. The van der Waals surface area contributed by atoms with Gasteiger partial charge in [0.2, 0.25) is 0 Å². The molecule has 6 nitrogen and oxygen atoms in total. The van der Waals surface area contributed by atoms with Crippen LogP contribution >= 0.6 is 15.9 Å². The SMILES string of the molecule is CC(=O)Oc1ccc(C2/C(=C(\O)c3ccc(Br)cc3)C(=O)C(=O)N2c2ccc(C)c(C)c2)cc1. The molecule has 172 valence electrons. The number of hydrogen-bond acceptors (Lipinski definition) is 5. The Morgan fingerprint density at radius 2 is 1.59 bits per heavy atom. The lowest BCUT2D eigenvalue weighted by molar-refractivity contribution is -0.132. The molecule has 3 aromatic rings. The Bertz CT molecular complexity index is 1330. The lowest BCUT2D eigenvalue weighted by Crippen LogP contribution is -2.29. The summed E-state index contributed by atoms with van der Waals surface area (Å²) in [5, 5.41) is 11.2. The zero-order valence-corrected chi connectivity index (χ0v) is 20.4. The fraction of sp³-hybridized carbons (Fsp3) is 0.148. The molecule has 1 amide bonds. The topological polar surface area (TPSA) is 83.9 Å². The predicted molar refractivity (Wildman–Crippen MR) is 133 cm³/mol. The molecule has 0 aliphatic carbocycles. The maximum Gasteiger partial charge on any atom is 0.308 e. The Morgan fingerprint density at radius 1 is 0.941 bits per heavy atom. The number of nitrogens with zero attached hydrogens (tertiary/aromatic N) is 1. The number of carbonyl (C=O) groups is 3. The van der Waals surface area contributed by atoms with E-state index in [1.165, 1.54) is 11.8 Å². The second-order valence-electron chi connectivity index (χ2n) is 8.11. The molecule has 1 aliphatic heterocycles. The van der Waals surface area contributed by atoms with Gasteiger partial charge >= 0.3 is 5.97 Å². The summed E-state index contributed by atoms with van der Waals surface area (Å²) in [5.41, 5.74) is 3.57. The van der Waals surface area contributed by atoms with Crippen LogP contribution in [0, 0.1) is 13.8 Å². The largest absolute Gasteiger partial charge is 0.507 e. The van der Waals surface area contributed by atoms with Crippen LogP contribution in [0.15, 0.2) is 76.8 Å². The zero-order chi connectivity index (χ0) is 24.6. The molecule has 1 unspecified atom stereocenters. The van der Waals surface area contributed by atoms with E-state index in [0.717, 1.165) is 15.6 Å². The third-order valence-electron chi connectivity index (χ3n) is 5.79. The van der Waals surface area contributed by atoms with E-state index in [1.807, 2.05) is 26.0 Å². The van der Waals surface area contributed by atoms with Crippen molar-refractivity contribution in [2.24, 2.45) is 0 Å². The second kappa shape index (κ2) is 9.27. The van der Waals surface area contributed by atoms with E-state index in [9.17, 15) is 19.5 Å². The second-order valence-corrected chi connectivity index (χ2v) is 9.02. The summed E-state index contributed by atoms with van der Waals surface area (Å²) in [6.07, 6.45) is 0. The van der Waals surface area contributed by atoms with E-state index >= 15 is 0 Å². The summed E-state index contributed by atoms with van der Waals surface area (Å²) >= 11 is 3.36. The molecule has 7 heteroatoms. The van der Waals surface area contributed by atoms with Gasteiger partial charge in [-0.1, -0.05) is 46.3 Å². The number of aliphatic hydroxyl groups is 1. The van der Waals surface area contributed by atoms with E-state index in [-0.39, 0.29) is 11.3 Å². The van der Waals surface area contributed by atoms with Crippen LogP contribution in [-0.2, 0) is 14.4 Å². The molecule has 0 aromatic heterocycles. The molecule has 1 heterocycles. The lowest BCUT2D eigenvalue weighted by Gasteiger charge is -2.26. The van der Waals surface area contributed by atoms with Crippen LogP contribution in [0.2, 0.25) is 0 Å². The van der Waals surface area contributed by atoms with Crippen LogP contribution in [0.5, 0.6) is 5.75 Å². The Hall–Kier alpha value is -3.71. The maximum atomic E-state index is 13.3. The van der Waals surface area contributed by atoms with Crippen LogP contribution in [0.1, 0.15) is 35.2 Å². The molecule has 1 saturated heterocycles. The third-order valence-corrected chi connectivity index (χ3v) is 6.32. The Balaban J connectivity index is 1.90. The molecule has 1 atom stereocenters. The summed E-state index contributed by atoms with van der Waals surface area (Å²) in [6.45, 7) is 5.20. The minimum atomic E-state index is -0.864. The normalized spacial score (nSPS) is 17.2. The minimum Gasteiger partial charge on any atom is -0.507 e. The number of benzene rings is 3. The fourth-order valence-corrected chi connectivity index (χ4v) is 4.20. The number of amides is 1. The van der Waals surface area contributed by atoms with Gasteiger partial charge in [-0.05, 0) is 66.9 Å². The van der Waals surface area contributed by atoms with Crippen molar-refractivity contribution in [2.45, 2.75) is 26.8 Å². The van der Waals surface area contributed by atoms with E-state index in [4.69, 9.17) is 4.74 Å². The van der Waals surface area contributed by atoms with Crippen LogP contribution in [-0.4, -0.2) is 22.8 Å². The van der Waals surface area contributed by atoms with Crippen molar-refractivity contribution in [2.75, 3.05) is 4.90 Å². The van der Waals surface area contributed by atoms with Crippen molar-refractivity contribution in [3.63, 3.8) is 0 Å². The van der Waals surface area contributed by atoms with Gasteiger partial charge in [-0.25, -0.2) is 0 Å². The predicted octanol–water partition coefficient (Wildman–Crippen LogP) is 5.62. The smallest absolute Gasteiger partial charge is 0.308 e. The molecule has 0 saturated carbocycles. The standard InChI is InChI=1S/C27H22BrNO5/c1-15-4-11-21(14-16(15)2)29-24(18-7-12-22(13-8-18)34-17(3)30)23(26(32)27(29)33)25(31)19-5-9-20(28)10-6-19/h4-14,24,31H,1-3H3/b25-23+. The van der Waals surface area contributed by atoms with Crippen LogP contribution < -0.4 is 9.64 Å². The molecule has 0 spiro atoms. The maximum absolute atomic E-state index is 13.3. The van der Waals surface area contributed by atoms with Crippen LogP contribution in [0.25, 0.3) is 5.76 Å². The summed E-state index contributed by atoms with van der Waals surface area (Å²) in [6, 6.07) is 18.0. The minimum absolute atomic E-state index is 0.00853. The van der Waals surface area contributed by atoms with Crippen molar-refractivity contribution >= 4 is 45.0 Å². The fourth-order valence-electron chi connectivity index (χ4n) is 3.94. The summed E-state index contributed by atoms with van der Waals surface area (Å²) in [4.78, 5) is 39.2. The van der Waals surface area contributed by atoms with Crippen molar-refractivity contribution in [3.8, 4) is 5.75 Å². The summed E-state index contributed by atoms with van der Waals surface area (Å²) < 4.78 is 5.93. The highest BCUT2D eigenvalue weighted by Crippen LogP contribution is 2.42. The number of hydrogen-bond donors (Lipinski definition) is 1. The number of rotatable bonds is 4. The van der Waals surface area contributed by atoms with Crippen molar-refractivity contribution in [3.05, 3.63) is 99.0 Å². The lowest BCUT2D eigenvalue weighted by atomic mass is 9.95. The van der Waals surface area contributed by atoms with Crippen LogP contribution in [0.4, 0.5) is 5.69 Å². The first-order chi connectivity index (χ1) is 16.2. The molecule has 1 fully saturated rings. The molecule has 0 bridgehead atoms. The molecular formula is C27H22BrNO5. The summed E-state index contributed by atoms with van der Waals surface area (Å²) in [7, 11) is 0. The zero-order valence-electron chi connectivity index (χ0n) is 18.8. The molecule has 34 heavy (non-hydrogen) atoms. The van der Waals surface area contributed by atoms with Gasteiger partial charge in [0, 0.05) is 22.6 Å². The molecular weight excluding hydrogens is 498 g/mol. The molecule has 0 radical (unpaired) electrons. The number of ether oxygens (including phenoxy) is 1. The van der Waals surface area contributed by atoms with E-state index < -0.39 is 23.7 Å². The Kier molecular flexibility index (Phi) is 6.39. The van der Waals surface area contributed by atoms with Gasteiger partial charge < -0.3 is 9.84 Å². The van der Waals surface area contributed by atoms with Gasteiger partial charge in [0.1, 0.15) is 11.5 Å². The number of aryl methyl sites for hydroxylation is 2. The van der Waals surface area contributed by atoms with Gasteiger partial charge in [0.05, 0.1) is 11.6 Å². The number of esters is 1. The monoisotopic (exact) mass is 519 g/mol. The number of halogens is 1. The molecule has 3 aromatic carbocycles. The number of Topliss-reactive ketones (excluding diaryl/α,β-unsaturated/α-hetero) is 1. The highest BCUT2D eigenvalue weighted by atomic mass is 79.9. The third kappa shape index (κ3) is 4.39. The van der Waals surface area contributed by atoms with Gasteiger partial charge in [0.25, 0.3) is 11.7 Å². The van der Waals surface area contributed by atoms with Gasteiger partial charge in [-0.15, -0.1) is 0 Å². The van der Waals surface area contributed by atoms with Crippen LogP contribution in [0.3, 0.4) is 0 Å². The average Bonchev–Trinajstić information content (AvgIpc) is 3.06. The summed E-state index contributed by atoms with van der Waals surface area (Å²) in [5.74, 6) is -1.87. The number of aliphatic hydroxyl groups excluding tert-OH is 1. The van der Waals surface area contributed by atoms with E-state index in [2.05, 4.69) is 15.9 Å². The number of ketones is 1. The van der Waals surface area contributed by atoms with E-state index in [1.54, 1.807) is 54.6 Å².